The van der Waals surface area contributed by atoms with Crippen LogP contribution in [-0.4, -0.2) is 61.2 Å². The van der Waals surface area contributed by atoms with Gasteiger partial charge in [0, 0.05) is 23.9 Å². The molecule has 188 valence electrons. The number of anilines is 3. The fourth-order valence-electron chi connectivity index (χ4n) is 4.58. The van der Waals surface area contributed by atoms with Crippen molar-refractivity contribution in [3.05, 3.63) is 54.7 Å². The van der Waals surface area contributed by atoms with Crippen molar-refractivity contribution in [2.45, 2.75) is 44.1 Å². The molecule has 2 heterocycles. The molecule has 1 aliphatic rings. The van der Waals surface area contributed by atoms with Crippen molar-refractivity contribution in [3.63, 3.8) is 0 Å². The number of aromatic nitrogens is 3. The summed E-state index contributed by atoms with van der Waals surface area (Å²) >= 11 is 1.52. The van der Waals surface area contributed by atoms with Crippen molar-refractivity contribution in [2.75, 3.05) is 17.7 Å². The number of hydrogen-bond acceptors (Lipinski definition) is 10. The predicted octanol–water partition coefficient (Wildman–Crippen LogP) is 3.80. The summed E-state index contributed by atoms with van der Waals surface area (Å²) in [5, 5.41) is 39.1. The number of rotatable bonds is 7. The number of nitrogens with one attached hydrogen (secondary N) is 2. The van der Waals surface area contributed by atoms with E-state index >= 15 is 0 Å². The lowest BCUT2D eigenvalue weighted by atomic mass is 9.88. The maximum atomic E-state index is 10.8. The number of aliphatic hydroxyl groups excluding tert-OH is 2. The number of ether oxygens (including phenoxy) is 1. The van der Waals surface area contributed by atoms with Gasteiger partial charge in [-0.1, -0.05) is 18.2 Å². The Morgan fingerprint density at radius 1 is 1.06 bits per heavy atom. The van der Waals surface area contributed by atoms with Crippen LogP contribution in [0.2, 0.25) is 0 Å². The van der Waals surface area contributed by atoms with Crippen LogP contribution in [0.1, 0.15) is 20.3 Å². The average molecular weight is 508 g/mol. The van der Waals surface area contributed by atoms with Crippen LogP contribution in [0.15, 0.2) is 54.7 Å². The molecule has 2 aromatic heterocycles. The topological polar surface area (TPSA) is 133 Å². The quantitative estimate of drug-likeness (QED) is 0.253. The third-order valence-electron chi connectivity index (χ3n) is 6.55. The molecule has 10 heteroatoms. The Bertz CT molecular complexity index is 1340. The zero-order chi connectivity index (χ0) is 25.4. The van der Waals surface area contributed by atoms with E-state index in [2.05, 4.69) is 15.6 Å². The van der Waals surface area contributed by atoms with Crippen molar-refractivity contribution >= 4 is 39.0 Å². The van der Waals surface area contributed by atoms with Crippen LogP contribution in [0.25, 0.3) is 20.8 Å². The van der Waals surface area contributed by atoms with Gasteiger partial charge in [-0.15, -0.1) is 11.3 Å². The molecule has 0 spiro atoms. The summed E-state index contributed by atoms with van der Waals surface area (Å²) in [7, 11) is 1.60. The van der Waals surface area contributed by atoms with E-state index in [0.717, 1.165) is 20.9 Å². The summed E-state index contributed by atoms with van der Waals surface area (Å²) in [4.78, 5) is 14.0. The first kappa shape index (κ1) is 24.4. The van der Waals surface area contributed by atoms with Crippen LogP contribution >= 0.6 is 11.3 Å². The predicted molar refractivity (Wildman–Crippen MR) is 141 cm³/mol. The molecular formula is C26H29N5O4S. The fourth-order valence-corrected chi connectivity index (χ4v) is 5.56. The van der Waals surface area contributed by atoms with Crippen LogP contribution in [0.3, 0.4) is 0 Å². The van der Waals surface area contributed by atoms with Gasteiger partial charge < -0.3 is 30.7 Å². The third kappa shape index (κ3) is 4.85. The molecule has 4 atom stereocenters. The molecule has 1 aliphatic carbocycles. The fraction of sp³-hybridized carbons (Fsp3) is 0.346. The van der Waals surface area contributed by atoms with Crippen molar-refractivity contribution < 1.29 is 20.1 Å². The van der Waals surface area contributed by atoms with E-state index in [1.165, 1.54) is 11.3 Å². The summed E-state index contributed by atoms with van der Waals surface area (Å²) in [6.45, 7) is 3.28. The van der Waals surface area contributed by atoms with Crippen molar-refractivity contribution in [1.82, 2.24) is 15.0 Å². The molecule has 0 radical (unpaired) electrons. The van der Waals surface area contributed by atoms with Gasteiger partial charge in [0.2, 0.25) is 5.95 Å². The van der Waals surface area contributed by atoms with Gasteiger partial charge in [0.15, 0.2) is 0 Å². The number of thiazole rings is 1. The molecule has 1 fully saturated rings. The van der Waals surface area contributed by atoms with Gasteiger partial charge in [-0.25, -0.2) is 9.97 Å². The van der Waals surface area contributed by atoms with E-state index in [4.69, 9.17) is 14.7 Å². The molecule has 1 saturated carbocycles. The summed E-state index contributed by atoms with van der Waals surface area (Å²) in [5.41, 5.74) is 1.17. The molecule has 36 heavy (non-hydrogen) atoms. The maximum absolute atomic E-state index is 10.8. The zero-order valence-electron chi connectivity index (χ0n) is 20.2. The highest BCUT2D eigenvalue weighted by Gasteiger charge is 2.47. The molecule has 0 unspecified atom stereocenters. The second-order valence-electron chi connectivity index (χ2n) is 9.53. The lowest BCUT2D eigenvalue weighted by Crippen LogP contribution is -2.40. The first-order valence-electron chi connectivity index (χ1n) is 11.7. The van der Waals surface area contributed by atoms with E-state index in [1.54, 1.807) is 27.2 Å². The lowest BCUT2D eigenvalue weighted by molar-refractivity contribution is -0.0601. The monoisotopic (exact) mass is 507 g/mol. The van der Waals surface area contributed by atoms with Crippen molar-refractivity contribution in [1.29, 1.82) is 0 Å². The SMILES string of the molecule is COc1cccc(Nc2ncc(-c3nc4ccccc4s3)c(N[C@@H]3C[C@@H](C(C)(C)O)[C@@H](O)[C@H]3O)n2)c1. The number of nitrogens with zero attached hydrogens (tertiary/aromatic N) is 3. The smallest absolute Gasteiger partial charge is 0.229 e. The first-order chi connectivity index (χ1) is 17.2. The molecule has 2 aromatic carbocycles. The Morgan fingerprint density at radius 3 is 2.58 bits per heavy atom. The average Bonchev–Trinajstić information content (AvgIpc) is 3.41. The molecule has 5 N–H and O–H groups in total. The van der Waals surface area contributed by atoms with Gasteiger partial charge in [-0.3, -0.25) is 0 Å². The molecule has 0 aliphatic heterocycles. The number of benzene rings is 2. The molecular weight excluding hydrogens is 478 g/mol. The maximum Gasteiger partial charge on any atom is 0.229 e. The molecule has 0 saturated heterocycles. The first-order valence-corrected chi connectivity index (χ1v) is 12.5. The Hall–Kier alpha value is -3.31. The van der Waals surface area contributed by atoms with Gasteiger partial charge in [0.25, 0.3) is 0 Å². The van der Waals surface area contributed by atoms with E-state index in [-0.39, 0.29) is 0 Å². The number of aliphatic hydroxyl groups is 3. The normalized spacial score (nSPS) is 22.1. The number of para-hydroxylation sites is 1. The molecule has 5 rings (SSSR count). The number of methoxy groups -OCH3 is 1. The summed E-state index contributed by atoms with van der Waals surface area (Å²) in [6.07, 6.45) is -0.0758. The highest BCUT2D eigenvalue weighted by atomic mass is 32.1. The Kier molecular flexibility index (Phi) is 6.52. The third-order valence-corrected chi connectivity index (χ3v) is 7.62. The molecule has 0 amide bonds. The van der Waals surface area contributed by atoms with Crippen LogP contribution in [0.4, 0.5) is 17.5 Å². The summed E-state index contributed by atoms with van der Waals surface area (Å²) in [5.74, 6) is 1.03. The Morgan fingerprint density at radius 2 is 1.86 bits per heavy atom. The van der Waals surface area contributed by atoms with E-state index in [9.17, 15) is 15.3 Å². The van der Waals surface area contributed by atoms with Gasteiger partial charge in [0.1, 0.15) is 22.7 Å². The molecule has 9 nitrogen and oxygen atoms in total. The minimum Gasteiger partial charge on any atom is -0.497 e. The highest BCUT2D eigenvalue weighted by Crippen LogP contribution is 2.39. The Balaban J connectivity index is 1.51. The summed E-state index contributed by atoms with van der Waals surface area (Å²) < 4.78 is 6.34. The van der Waals surface area contributed by atoms with E-state index in [0.29, 0.717) is 29.5 Å². The van der Waals surface area contributed by atoms with Gasteiger partial charge in [0.05, 0.1) is 40.6 Å². The highest BCUT2D eigenvalue weighted by molar-refractivity contribution is 7.21. The van der Waals surface area contributed by atoms with E-state index in [1.807, 2.05) is 48.5 Å². The van der Waals surface area contributed by atoms with Gasteiger partial charge >= 0.3 is 0 Å². The minimum absolute atomic E-state index is 0.350. The van der Waals surface area contributed by atoms with Gasteiger partial charge in [-0.2, -0.15) is 4.98 Å². The van der Waals surface area contributed by atoms with E-state index < -0.39 is 29.8 Å². The second kappa shape index (κ2) is 9.62. The van der Waals surface area contributed by atoms with Gasteiger partial charge in [-0.05, 0) is 44.5 Å². The number of hydrogen-bond donors (Lipinski definition) is 5. The lowest BCUT2D eigenvalue weighted by Gasteiger charge is -2.28. The summed E-state index contributed by atoms with van der Waals surface area (Å²) in [6, 6.07) is 14.8. The van der Waals surface area contributed by atoms with Crippen LogP contribution in [-0.2, 0) is 0 Å². The van der Waals surface area contributed by atoms with Crippen LogP contribution in [0.5, 0.6) is 5.75 Å². The standard InChI is InChI=1S/C26H29N5O4S/c1-26(2,34)17-12-19(22(33)21(17)32)29-23-16(24-30-18-9-4-5-10-20(18)36-24)13-27-25(31-23)28-14-7-6-8-15(11-14)35-3/h4-11,13,17,19,21-22,32-34H,12H2,1-3H3,(H2,27,28,29,31)/t17-,19-,21-,22+/m1/s1. The van der Waals surface area contributed by atoms with Crippen LogP contribution in [0, 0.1) is 5.92 Å². The molecule has 4 aromatic rings. The van der Waals surface area contributed by atoms with Crippen molar-refractivity contribution in [2.24, 2.45) is 5.92 Å². The van der Waals surface area contributed by atoms with Crippen molar-refractivity contribution in [3.8, 4) is 16.3 Å². The number of fused-ring (bicyclic) bond motifs is 1. The minimum atomic E-state index is -1.14. The van der Waals surface area contributed by atoms with Crippen LogP contribution < -0.4 is 15.4 Å². The largest absolute Gasteiger partial charge is 0.497 e. The Labute approximate surface area is 212 Å². The second-order valence-corrected chi connectivity index (χ2v) is 10.6. The molecule has 0 bridgehead atoms. The zero-order valence-corrected chi connectivity index (χ0v) is 21.0.